The van der Waals surface area contributed by atoms with Crippen LogP contribution in [0.4, 0.5) is 0 Å². The average Bonchev–Trinajstić information content (AvgIpc) is 2.04. The van der Waals surface area contributed by atoms with Gasteiger partial charge < -0.3 is 9.11 Å². The Morgan fingerprint density at radius 1 is 1.00 bits per heavy atom. The number of hydrogen-bond acceptors (Lipinski definition) is 4. The van der Waals surface area contributed by atoms with Gasteiger partial charge in [-0.05, 0) is 19.3 Å². The van der Waals surface area contributed by atoms with Crippen molar-refractivity contribution in [1.29, 1.82) is 0 Å². The summed E-state index contributed by atoms with van der Waals surface area (Å²) in [7, 11) is 0. The third-order valence-corrected chi connectivity index (χ3v) is 4.07. The van der Waals surface area contributed by atoms with Gasteiger partial charge in [0.05, 0.1) is 0 Å². The first-order chi connectivity index (χ1) is 5.61. The molecule has 0 N–H and O–H groups in total. The van der Waals surface area contributed by atoms with E-state index in [0.29, 0.717) is 19.3 Å². The molecule has 0 spiro atoms. The van der Waals surface area contributed by atoms with Gasteiger partial charge in [0, 0.05) is 10.5 Å². The van der Waals surface area contributed by atoms with Gasteiger partial charge in [0.15, 0.2) is 0 Å². The van der Waals surface area contributed by atoms with Crippen LogP contribution in [-0.2, 0) is 22.2 Å². The van der Waals surface area contributed by atoms with Crippen molar-refractivity contribution in [3.63, 3.8) is 0 Å². The molecular formula is C6H10O4S2-2. The second-order valence-electron chi connectivity index (χ2n) is 2.93. The van der Waals surface area contributed by atoms with Crippen LogP contribution in [0.1, 0.15) is 25.7 Å². The van der Waals surface area contributed by atoms with Crippen LogP contribution >= 0.6 is 0 Å². The molecule has 0 heterocycles. The predicted molar refractivity (Wildman–Crippen MR) is 43.9 cm³/mol. The van der Waals surface area contributed by atoms with Crippen molar-refractivity contribution in [2.24, 2.45) is 0 Å². The van der Waals surface area contributed by atoms with E-state index in [1.54, 1.807) is 0 Å². The van der Waals surface area contributed by atoms with Crippen LogP contribution in [0.5, 0.6) is 0 Å². The Morgan fingerprint density at radius 3 is 1.75 bits per heavy atom. The maximum Gasteiger partial charge on any atom is 0.0226 e. The normalized spacial score (nSPS) is 35.8. The second kappa shape index (κ2) is 4.45. The minimum absolute atomic E-state index is 0.270. The molecule has 1 fully saturated rings. The van der Waals surface area contributed by atoms with Crippen molar-refractivity contribution in [3.05, 3.63) is 0 Å². The number of hydrogen-bond donors (Lipinski definition) is 0. The largest absolute Gasteiger partial charge is 0.772 e. The highest BCUT2D eigenvalue weighted by Crippen LogP contribution is 2.24. The summed E-state index contributed by atoms with van der Waals surface area (Å²) in [4.78, 5) is 0. The van der Waals surface area contributed by atoms with E-state index in [2.05, 4.69) is 0 Å². The molecule has 0 aromatic rings. The zero-order valence-electron chi connectivity index (χ0n) is 6.43. The molecular weight excluding hydrogens is 200 g/mol. The summed E-state index contributed by atoms with van der Waals surface area (Å²) in [6, 6.07) is 0. The van der Waals surface area contributed by atoms with E-state index < -0.39 is 32.7 Å². The lowest BCUT2D eigenvalue weighted by Crippen LogP contribution is -2.29. The summed E-state index contributed by atoms with van der Waals surface area (Å²) in [5.41, 5.74) is 0. The maximum absolute atomic E-state index is 10.5. The van der Waals surface area contributed by atoms with Crippen LogP contribution < -0.4 is 0 Å². The van der Waals surface area contributed by atoms with Gasteiger partial charge in [0.1, 0.15) is 0 Å². The highest BCUT2D eigenvalue weighted by atomic mass is 32.2. The van der Waals surface area contributed by atoms with Crippen molar-refractivity contribution in [2.45, 2.75) is 36.2 Å². The third-order valence-electron chi connectivity index (χ3n) is 2.12. The molecule has 72 valence electrons. The van der Waals surface area contributed by atoms with Crippen LogP contribution in [0.2, 0.25) is 0 Å². The van der Waals surface area contributed by atoms with E-state index in [1.807, 2.05) is 0 Å². The molecule has 0 radical (unpaired) electrons. The Balaban J connectivity index is 2.51. The fraction of sp³-hybridized carbons (Fsp3) is 1.00. The molecule has 1 rings (SSSR count). The molecule has 0 aromatic carbocycles. The SMILES string of the molecule is O=S([O-])C1CCCC(S(=O)[O-])C1. The van der Waals surface area contributed by atoms with Gasteiger partial charge in [0.25, 0.3) is 0 Å². The zero-order valence-corrected chi connectivity index (χ0v) is 8.07. The second-order valence-corrected chi connectivity index (χ2v) is 5.31. The molecule has 4 atom stereocenters. The van der Waals surface area contributed by atoms with Crippen LogP contribution in [0.3, 0.4) is 0 Å². The lowest BCUT2D eigenvalue weighted by molar-refractivity contribution is 0.442. The van der Waals surface area contributed by atoms with Crippen LogP contribution in [0, 0.1) is 0 Å². The molecule has 0 saturated heterocycles. The molecule has 4 unspecified atom stereocenters. The molecule has 12 heavy (non-hydrogen) atoms. The van der Waals surface area contributed by atoms with Crippen molar-refractivity contribution >= 4 is 22.2 Å². The summed E-state index contributed by atoms with van der Waals surface area (Å²) in [5.74, 6) is 0. The third kappa shape index (κ3) is 2.62. The molecule has 0 aliphatic heterocycles. The zero-order chi connectivity index (χ0) is 9.14. The minimum atomic E-state index is -2.11. The summed E-state index contributed by atoms with van der Waals surface area (Å²) < 4.78 is 42.1. The lowest BCUT2D eigenvalue weighted by Gasteiger charge is -2.31. The van der Waals surface area contributed by atoms with Crippen molar-refractivity contribution in [3.8, 4) is 0 Å². The summed E-state index contributed by atoms with van der Waals surface area (Å²) >= 11 is -4.23. The number of rotatable bonds is 2. The molecule has 1 aliphatic carbocycles. The van der Waals surface area contributed by atoms with Crippen LogP contribution in [0.15, 0.2) is 0 Å². The van der Waals surface area contributed by atoms with Crippen molar-refractivity contribution in [2.75, 3.05) is 0 Å². The summed E-state index contributed by atoms with van der Waals surface area (Å²) in [6.07, 6.45) is 2.16. The van der Waals surface area contributed by atoms with E-state index in [9.17, 15) is 17.5 Å². The maximum atomic E-state index is 10.5. The first kappa shape index (κ1) is 10.3. The molecule has 4 nitrogen and oxygen atoms in total. The molecule has 0 aromatic heterocycles. The fourth-order valence-electron chi connectivity index (χ4n) is 1.45. The van der Waals surface area contributed by atoms with E-state index >= 15 is 0 Å². The standard InChI is InChI=1S/C6H12O4S2/c7-11(8)5-2-1-3-6(4-5)12(9)10/h5-6H,1-4H2,(H,7,8)(H,9,10)/p-2. The highest BCUT2D eigenvalue weighted by Gasteiger charge is 2.22. The van der Waals surface area contributed by atoms with E-state index in [1.165, 1.54) is 0 Å². The predicted octanol–water partition coefficient (Wildman–Crippen LogP) is 0.0558. The van der Waals surface area contributed by atoms with Gasteiger partial charge in [-0.1, -0.05) is 28.6 Å². The quantitative estimate of drug-likeness (QED) is 0.603. The smallest absolute Gasteiger partial charge is 0.0226 e. The van der Waals surface area contributed by atoms with Gasteiger partial charge in [-0.3, -0.25) is 8.42 Å². The molecule has 1 saturated carbocycles. The Labute approximate surface area is 76.3 Å². The Hall–Kier alpha value is 0.220. The summed E-state index contributed by atoms with van der Waals surface area (Å²) in [6.45, 7) is 0. The monoisotopic (exact) mass is 210 g/mol. The van der Waals surface area contributed by atoms with E-state index in [4.69, 9.17) is 0 Å². The van der Waals surface area contributed by atoms with Gasteiger partial charge >= 0.3 is 0 Å². The average molecular weight is 210 g/mol. The van der Waals surface area contributed by atoms with Crippen LogP contribution in [-0.4, -0.2) is 28.0 Å². The first-order valence-corrected chi connectivity index (χ1v) is 6.05. The van der Waals surface area contributed by atoms with Gasteiger partial charge in [0.2, 0.25) is 0 Å². The Bertz CT molecular complexity index is 186. The van der Waals surface area contributed by atoms with E-state index in [0.717, 1.165) is 0 Å². The fourth-order valence-corrected chi connectivity index (χ4v) is 3.07. The highest BCUT2D eigenvalue weighted by molar-refractivity contribution is 7.80. The minimum Gasteiger partial charge on any atom is -0.772 e. The first-order valence-electron chi connectivity index (χ1n) is 3.77. The van der Waals surface area contributed by atoms with Gasteiger partial charge in [-0.2, -0.15) is 0 Å². The van der Waals surface area contributed by atoms with E-state index in [-0.39, 0.29) is 6.42 Å². The molecule has 0 amide bonds. The topological polar surface area (TPSA) is 80.3 Å². The molecule has 6 heteroatoms. The van der Waals surface area contributed by atoms with Crippen LogP contribution in [0.25, 0.3) is 0 Å². The van der Waals surface area contributed by atoms with Crippen molar-refractivity contribution in [1.82, 2.24) is 0 Å². The Kier molecular flexibility index (Phi) is 3.82. The Morgan fingerprint density at radius 2 is 1.42 bits per heavy atom. The molecule has 0 bridgehead atoms. The van der Waals surface area contributed by atoms with Crippen molar-refractivity contribution < 1.29 is 17.5 Å². The van der Waals surface area contributed by atoms with Gasteiger partial charge in [-0.15, -0.1) is 0 Å². The lowest BCUT2D eigenvalue weighted by atomic mass is 10.00. The van der Waals surface area contributed by atoms with Gasteiger partial charge in [-0.25, -0.2) is 0 Å². The molecule has 1 aliphatic rings. The summed E-state index contributed by atoms with van der Waals surface area (Å²) in [5, 5.41) is -0.914.